The molecule has 0 unspecified atom stereocenters. The van der Waals surface area contributed by atoms with E-state index in [0.717, 1.165) is 38.5 Å². The quantitative estimate of drug-likeness (QED) is 0.196. The van der Waals surface area contributed by atoms with Crippen molar-refractivity contribution in [2.75, 3.05) is 13.7 Å². The zero-order valence-electron chi connectivity index (χ0n) is 21.4. The SMILES string of the molecule is CN(Cc1ccoc1)Cc1cc(-c2csc3ccccc23)ccc1OCC(=O)NCc1nc2ccccc2s1. The van der Waals surface area contributed by atoms with Crippen LogP contribution in [0, 0.1) is 0 Å². The number of furan rings is 1. The highest BCUT2D eigenvalue weighted by Crippen LogP contribution is 2.36. The van der Waals surface area contributed by atoms with Crippen molar-refractivity contribution in [3.8, 4) is 16.9 Å². The van der Waals surface area contributed by atoms with Crippen LogP contribution >= 0.6 is 22.7 Å². The largest absolute Gasteiger partial charge is 0.483 e. The molecule has 0 aliphatic rings. The second-order valence-corrected chi connectivity index (χ2v) is 11.4. The van der Waals surface area contributed by atoms with Gasteiger partial charge in [0, 0.05) is 39.9 Å². The van der Waals surface area contributed by atoms with Gasteiger partial charge in [0.05, 0.1) is 29.3 Å². The van der Waals surface area contributed by atoms with Crippen molar-refractivity contribution in [2.45, 2.75) is 19.6 Å². The molecular weight excluding hydrogens is 526 g/mol. The van der Waals surface area contributed by atoms with Crippen LogP contribution in [0.5, 0.6) is 5.75 Å². The lowest BCUT2D eigenvalue weighted by Crippen LogP contribution is -2.28. The summed E-state index contributed by atoms with van der Waals surface area (Å²) in [6.07, 6.45) is 3.45. The average molecular weight is 554 g/mol. The number of carbonyl (C=O) groups is 1. The summed E-state index contributed by atoms with van der Waals surface area (Å²) in [4.78, 5) is 19.5. The van der Waals surface area contributed by atoms with E-state index in [1.165, 1.54) is 15.6 Å². The lowest BCUT2D eigenvalue weighted by atomic mass is 10.0. The Balaban J connectivity index is 1.18. The second kappa shape index (κ2) is 11.4. The van der Waals surface area contributed by atoms with Crippen LogP contribution in [0.3, 0.4) is 0 Å². The number of amides is 1. The van der Waals surface area contributed by atoms with Crippen LogP contribution in [0.25, 0.3) is 31.4 Å². The molecule has 3 heterocycles. The van der Waals surface area contributed by atoms with E-state index in [0.29, 0.717) is 18.8 Å². The molecule has 6 nitrogen and oxygen atoms in total. The number of fused-ring (bicyclic) bond motifs is 2. The summed E-state index contributed by atoms with van der Waals surface area (Å²) >= 11 is 3.33. The van der Waals surface area contributed by atoms with Crippen LogP contribution in [0.4, 0.5) is 0 Å². The van der Waals surface area contributed by atoms with E-state index in [9.17, 15) is 4.79 Å². The molecule has 0 spiro atoms. The summed E-state index contributed by atoms with van der Waals surface area (Å²) in [6.45, 7) is 1.71. The van der Waals surface area contributed by atoms with Gasteiger partial charge in [0.15, 0.2) is 6.61 Å². The third-order valence-electron chi connectivity index (χ3n) is 6.46. The number of benzene rings is 3. The zero-order valence-corrected chi connectivity index (χ0v) is 23.1. The van der Waals surface area contributed by atoms with Crippen LogP contribution in [0.15, 0.2) is 95.1 Å². The van der Waals surface area contributed by atoms with Gasteiger partial charge in [-0.25, -0.2) is 4.98 Å². The van der Waals surface area contributed by atoms with Crippen LogP contribution in [0.1, 0.15) is 16.1 Å². The molecule has 0 aliphatic carbocycles. The van der Waals surface area contributed by atoms with E-state index < -0.39 is 0 Å². The first-order valence-corrected chi connectivity index (χ1v) is 14.3. The number of nitrogens with zero attached hydrogens (tertiary/aromatic N) is 2. The normalized spacial score (nSPS) is 11.4. The van der Waals surface area contributed by atoms with Gasteiger partial charge >= 0.3 is 0 Å². The minimum absolute atomic E-state index is 0.0654. The Morgan fingerprint density at radius 3 is 2.72 bits per heavy atom. The first-order chi connectivity index (χ1) is 19.1. The zero-order chi connectivity index (χ0) is 26.6. The predicted molar refractivity (Wildman–Crippen MR) is 158 cm³/mol. The van der Waals surface area contributed by atoms with Gasteiger partial charge in [-0.3, -0.25) is 9.69 Å². The van der Waals surface area contributed by atoms with Crippen molar-refractivity contribution in [3.05, 3.63) is 107 Å². The first-order valence-electron chi connectivity index (χ1n) is 12.7. The number of thiophene rings is 1. The number of para-hydroxylation sites is 1. The highest BCUT2D eigenvalue weighted by molar-refractivity contribution is 7.18. The third kappa shape index (κ3) is 5.88. The van der Waals surface area contributed by atoms with E-state index in [1.807, 2.05) is 36.4 Å². The predicted octanol–water partition coefficient (Wildman–Crippen LogP) is 7.10. The average Bonchev–Trinajstić information content (AvgIpc) is 3.70. The fourth-order valence-electron chi connectivity index (χ4n) is 4.62. The number of rotatable bonds is 10. The van der Waals surface area contributed by atoms with Gasteiger partial charge in [0.1, 0.15) is 10.8 Å². The van der Waals surface area contributed by atoms with Gasteiger partial charge in [-0.1, -0.05) is 36.4 Å². The minimum atomic E-state index is -0.181. The maximum atomic E-state index is 12.7. The van der Waals surface area contributed by atoms with Gasteiger partial charge in [-0.2, -0.15) is 0 Å². The lowest BCUT2D eigenvalue weighted by molar-refractivity contribution is -0.123. The minimum Gasteiger partial charge on any atom is -0.483 e. The molecule has 8 heteroatoms. The molecule has 1 N–H and O–H groups in total. The molecule has 0 saturated heterocycles. The topological polar surface area (TPSA) is 67.6 Å². The van der Waals surface area contributed by atoms with E-state index in [1.54, 1.807) is 35.2 Å². The summed E-state index contributed by atoms with van der Waals surface area (Å²) in [6, 6.07) is 24.6. The number of hydrogen-bond donors (Lipinski definition) is 1. The highest BCUT2D eigenvalue weighted by Gasteiger charge is 2.14. The van der Waals surface area contributed by atoms with Crippen molar-refractivity contribution in [1.29, 1.82) is 0 Å². The van der Waals surface area contributed by atoms with E-state index >= 15 is 0 Å². The Hall–Kier alpha value is -3.98. The monoisotopic (exact) mass is 553 g/mol. The van der Waals surface area contributed by atoms with Gasteiger partial charge in [0.25, 0.3) is 5.91 Å². The van der Waals surface area contributed by atoms with Gasteiger partial charge in [0.2, 0.25) is 0 Å². The first kappa shape index (κ1) is 25.3. The number of carbonyl (C=O) groups excluding carboxylic acids is 1. The summed E-state index contributed by atoms with van der Waals surface area (Å²) in [5, 5.41) is 7.25. The molecule has 0 radical (unpaired) electrons. The van der Waals surface area contributed by atoms with Crippen LogP contribution < -0.4 is 10.1 Å². The van der Waals surface area contributed by atoms with Crippen LogP contribution in [0.2, 0.25) is 0 Å². The molecule has 0 bridgehead atoms. The molecule has 0 saturated carbocycles. The highest BCUT2D eigenvalue weighted by atomic mass is 32.1. The molecule has 1 amide bonds. The lowest BCUT2D eigenvalue weighted by Gasteiger charge is -2.19. The van der Waals surface area contributed by atoms with Crippen molar-refractivity contribution < 1.29 is 13.9 Å². The van der Waals surface area contributed by atoms with Gasteiger partial charge in [-0.05, 0) is 54.4 Å². The molecular formula is C31H27N3O3S2. The Bertz CT molecular complexity index is 1690. The molecule has 196 valence electrons. The summed E-state index contributed by atoms with van der Waals surface area (Å²) in [7, 11) is 2.06. The number of nitrogens with one attached hydrogen (secondary N) is 1. The Morgan fingerprint density at radius 1 is 1.03 bits per heavy atom. The van der Waals surface area contributed by atoms with Gasteiger partial charge in [-0.15, -0.1) is 22.7 Å². The summed E-state index contributed by atoms with van der Waals surface area (Å²) in [5.41, 5.74) is 5.41. The van der Waals surface area contributed by atoms with Crippen molar-refractivity contribution in [2.24, 2.45) is 0 Å². The number of hydrogen-bond acceptors (Lipinski definition) is 7. The molecule has 39 heavy (non-hydrogen) atoms. The maximum absolute atomic E-state index is 12.7. The fourth-order valence-corrected chi connectivity index (χ4v) is 6.49. The molecule has 0 atom stereocenters. The summed E-state index contributed by atoms with van der Waals surface area (Å²) < 4.78 is 13.7. The smallest absolute Gasteiger partial charge is 0.258 e. The molecule has 6 rings (SSSR count). The second-order valence-electron chi connectivity index (χ2n) is 9.41. The number of ether oxygens (including phenoxy) is 1. The van der Waals surface area contributed by atoms with Gasteiger partial charge < -0.3 is 14.5 Å². The number of aromatic nitrogens is 1. The van der Waals surface area contributed by atoms with E-state index in [2.05, 4.69) is 64.0 Å². The molecule has 0 fully saturated rings. The van der Waals surface area contributed by atoms with Crippen LogP contribution in [-0.4, -0.2) is 29.4 Å². The van der Waals surface area contributed by atoms with Crippen LogP contribution in [-0.2, 0) is 24.4 Å². The van der Waals surface area contributed by atoms with Crippen molar-refractivity contribution in [1.82, 2.24) is 15.2 Å². The van der Waals surface area contributed by atoms with Crippen molar-refractivity contribution >= 4 is 48.9 Å². The molecule has 0 aliphatic heterocycles. The Kier molecular flexibility index (Phi) is 7.40. The van der Waals surface area contributed by atoms with Crippen molar-refractivity contribution in [3.63, 3.8) is 0 Å². The fraction of sp³-hybridized carbons (Fsp3) is 0.161. The number of thiazole rings is 1. The Labute approximate surface area is 234 Å². The van der Waals surface area contributed by atoms with E-state index in [4.69, 9.17) is 9.15 Å². The molecule has 6 aromatic rings. The summed E-state index contributed by atoms with van der Waals surface area (Å²) in [5.74, 6) is 0.521. The van der Waals surface area contributed by atoms with E-state index in [-0.39, 0.29) is 12.5 Å². The standard InChI is InChI=1S/C31H27N3O3S2/c1-34(16-21-12-13-36-18-21)17-23-14-22(25-20-38-28-8-4-2-6-24(25)28)10-11-27(23)37-19-30(35)32-15-31-33-26-7-3-5-9-29(26)39-31/h2-14,18,20H,15-17,19H2,1H3,(H,32,35). The Morgan fingerprint density at radius 2 is 1.87 bits per heavy atom. The third-order valence-corrected chi connectivity index (χ3v) is 8.46. The molecule has 3 aromatic carbocycles. The molecule has 3 aromatic heterocycles. The maximum Gasteiger partial charge on any atom is 0.258 e.